The summed E-state index contributed by atoms with van der Waals surface area (Å²) in [6.45, 7) is 3.50. The first-order valence-electron chi connectivity index (χ1n) is 6.76. The van der Waals surface area contributed by atoms with Crippen molar-refractivity contribution in [1.29, 1.82) is 0 Å². The van der Waals surface area contributed by atoms with Crippen LogP contribution in [0.1, 0.15) is 17.0 Å². The van der Waals surface area contributed by atoms with Crippen molar-refractivity contribution in [2.45, 2.75) is 20.0 Å². The lowest BCUT2D eigenvalue weighted by atomic mass is 10.1. The Bertz CT molecular complexity index is 847. The molecular formula is C15H13F3N4O. The predicted molar refractivity (Wildman–Crippen MR) is 77.3 cm³/mol. The number of benzene rings is 1. The number of hydrogen-bond donors (Lipinski definition) is 2. The van der Waals surface area contributed by atoms with Gasteiger partial charge in [-0.2, -0.15) is 23.4 Å². The molecule has 0 saturated carbocycles. The number of nitrogens with zero attached hydrogens (tertiary/aromatic N) is 3. The fraction of sp³-hybridized carbons (Fsp3) is 0.200. The third-order valence-electron chi connectivity index (χ3n) is 3.45. The van der Waals surface area contributed by atoms with Crippen LogP contribution in [-0.4, -0.2) is 25.1 Å². The van der Waals surface area contributed by atoms with Gasteiger partial charge in [0.05, 0.1) is 33.9 Å². The second-order valence-corrected chi connectivity index (χ2v) is 5.16. The van der Waals surface area contributed by atoms with Crippen LogP contribution in [0.5, 0.6) is 5.88 Å². The van der Waals surface area contributed by atoms with E-state index in [4.69, 9.17) is 0 Å². The number of aromatic nitrogens is 4. The van der Waals surface area contributed by atoms with E-state index in [1.54, 1.807) is 19.9 Å². The van der Waals surface area contributed by atoms with Crippen molar-refractivity contribution in [3.05, 3.63) is 47.3 Å². The molecule has 3 aromatic rings. The lowest BCUT2D eigenvalue weighted by Gasteiger charge is -2.08. The minimum absolute atomic E-state index is 0.161. The molecule has 0 radical (unpaired) electrons. The Morgan fingerprint density at radius 1 is 1.13 bits per heavy atom. The zero-order chi connectivity index (χ0) is 16.8. The molecule has 0 spiro atoms. The van der Waals surface area contributed by atoms with Crippen molar-refractivity contribution in [2.24, 2.45) is 0 Å². The Morgan fingerprint density at radius 2 is 1.78 bits per heavy atom. The number of rotatable bonds is 2. The highest BCUT2D eigenvalue weighted by atomic mass is 19.4. The molecular weight excluding hydrogens is 309 g/mol. The highest BCUT2D eigenvalue weighted by molar-refractivity contribution is 5.69. The van der Waals surface area contributed by atoms with E-state index in [-0.39, 0.29) is 5.88 Å². The summed E-state index contributed by atoms with van der Waals surface area (Å²) >= 11 is 0. The van der Waals surface area contributed by atoms with Crippen LogP contribution in [0.25, 0.3) is 16.9 Å². The third-order valence-corrected chi connectivity index (χ3v) is 3.45. The van der Waals surface area contributed by atoms with E-state index in [2.05, 4.69) is 15.3 Å². The van der Waals surface area contributed by atoms with Gasteiger partial charge in [0.1, 0.15) is 0 Å². The quantitative estimate of drug-likeness (QED) is 0.757. The molecule has 5 nitrogen and oxygen atoms in total. The minimum Gasteiger partial charge on any atom is -0.493 e. The molecule has 0 aliphatic rings. The summed E-state index contributed by atoms with van der Waals surface area (Å²) in [4.78, 5) is 0. The summed E-state index contributed by atoms with van der Waals surface area (Å²) in [6.07, 6.45) is -4.40. The first-order valence-corrected chi connectivity index (χ1v) is 6.76. The lowest BCUT2D eigenvalue weighted by Crippen LogP contribution is -2.05. The standard InChI is InChI=1S/C15H13F3N4O/c1-8-7-12(20-19-8)13-9(2)21-22(14(13)23)11-5-3-10(4-6-11)15(16,17)18/h3-7,23H,1-2H3,(H,19,20). The van der Waals surface area contributed by atoms with Gasteiger partial charge in [-0.25, -0.2) is 4.68 Å². The molecule has 0 fully saturated rings. The fourth-order valence-corrected chi connectivity index (χ4v) is 2.35. The van der Waals surface area contributed by atoms with Crippen molar-refractivity contribution in [1.82, 2.24) is 20.0 Å². The van der Waals surface area contributed by atoms with E-state index < -0.39 is 11.7 Å². The molecule has 0 aliphatic heterocycles. The van der Waals surface area contributed by atoms with E-state index in [1.165, 1.54) is 16.8 Å². The monoisotopic (exact) mass is 322 g/mol. The Labute approximate surface area is 129 Å². The van der Waals surface area contributed by atoms with Gasteiger partial charge in [0.25, 0.3) is 0 Å². The Hall–Kier alpha value is -2.77. The lowest BCUT2D eigenvalue weighted by molar-refractivity contribution is -0.137. The highest BCUT2D eigenvalue weighted by Gasteiger charge is 2.30. The molecule has 0 aliphatic carbocycles. The van der Waals surface area contributed by atoms with Gasteiger partial charge in [-0.3, -0.25) is 5.10 Å². The largest absolute Gasteiger partial charge is 0.493 e. The molecule has 2 heterocycles. The van der Waals surface area contributed by atoms with Crippen LogP contribution in [0.4, 0.5) is 13.2 Å². The normalized spacial score (nSPS) is 11.9. The molecule has 0 unspecified atom stereocenters. The van der Waals surface area contributed by atoms with Crippen molar-refractivity contribution in [3.8, 4) is 22.8 Å². The number of hydrogen-bond acceptors (Lipinski definition) is 3. The zero-order valence-electron chi connectivity index (χ0n) is 12.3. The van der Waals surface area contributed by atoms with Gasteiger partial charge in [-0.15, -0.1) is 0 Å². The molecule has 120 valence electrons. The maximum atomic E-state index is 12.6. The molecule has 0 atom stereocenters. The second kappa shape index (κ2) is 5.15. The fourth-order valence-electron chi connectivity index (χ4n) is 2.35. The number of H-pyrrole nitrogens is 1. The summed E-state index contributed by atoms with van der Waals surface area (Å²) in [5.41, 5.74) is 1.92. The molecule has 2 aromatic heterocycles. The number of nitrogens with one attached hydrogen (secondary N) is 1. The maximum Gasteiger partial charge on any atom is 0.416 e. The molecule has 0 bridgehead atoms. The van der Waals surface area contributed by atoms with E-state index in [0.29, 0.717) is 22.6 Å². The van der Waals surface area contributed by atoms with Crippen LogP contribution in [0.2, 0.25) is 0 Å². The molecule has 2 N–H and O–H groups in total. The van der Waals surface area contributed by atoms with Crippen LogP contribution in [0.15, 0.2) is 30.3 Å². The van der Waals surface area contributed by atoms with Crippen LogP contribution < -0.4 is 0 Å². The second-order valence-electron chi connectivity index (χ2n) is 5.16. The predicted octanol–water partition coefficient (Wildman–Crippen LogP) is 3.60. The maximum absolute atomic E-state index is 12.6. The zero-order valence-corrected chi connectivity index (χ0v) is 12.3. The van der Waals surface area contributed by atoms with E-state index in [0.717, 1.165) is 17.8 Å². The SMILES string of the molecule is Cc1cc(-c2c(C)nn(-c3ccc(C(F)(F)F)cc3)c2O)[nH]n1. The average molecular weight is 322 g/mol. The summed E-state index contributed by atoms with van der Waals surface area (Å²) < 4.78 is 39.0. The van der Waals surface area contributed by atoms with Gasteiger partial charge in [-0.1, -0.05) is 0 Å². The van der Waals surface area contributed by atoms with E-state index >= 15 is 0 Å². The first kappa shape index (κ1) is 15.1. The van der Waals surface area contributed by atoms with Crippen LogP contribution in [0, 0.1) is 13.8 Å². The number of aromatic amines is 1. The van der Waals surface area contributed by atoms with Gasteiger partial charge >= 0.3 is 6.18 Å². The minimum atomic E-state index is -4.40. The third kappa shape index (κ3) is 2.67. The van der Waals surface area contributed by atoms with Crippen molar-refractivity contribution >= 4 is 0 Å². The van der Waals surface area contributed by atoms with Crippen LogP contribution in [0.3, 0.4) is 0 Å². The molecule has 0 saturated heterocycles. The number of aromatic hydroxyl groups is 1. The summed E-state index contributed by atoms with van der Waals surface area (Å²) in [7, 11) is 0. The van der Waals surface area contributed by atoms with Crippen molar-refractivity contribution in [2.75, 3.05) is 0 Å². The Balaban J connectivity index is 2.05. The molecule has 3 rings (SSSR count). The molecule has 8 heteroatoms. The van der Waals surface area contributed by atoms with Gasteiger partial charge in [0.2, 0.25) is 5.88 Å². The van der Waals surface area contributed by atoms with E-state index in [1.807, 2.05) is 0 Å². The average Bonchev–Trinajstić information content (AvgIpc) is 3.02. The van der Waals surface area contributed by atoms with Gasteiger partial charge in [0, 0.05) is 0 Å². The van der Waals surface area contributed by atoms with Crippen molar-refractivity contribution < 1.29 is 18.3 Å². The molecule has 1 aromatic carbocycles. The molecule has 0 amide bonds. The van der Waals surface area contributed by atoms with Crippen LogP contribution in [-0.2, 0) is 6.18 Å². The smallest absolute Gasteiger partial charge is 0.416 e. The van der Waals surface area contributed by atoms with E-state index in [9.17, 15) is 18.3 Å². The molecule has 23 heavy (non-hydrogen) atoms. The highest BCUT2D eigenvalue weighted by Crippen LogP contribution is 2.34. The Morgan fingerprint density at radius 3 is 2.30 bits per heavy atom. The van der Waals surface area contributed by atoms with Gasteiger partial charge in [0.15, 0.2) is 0 Å². The van der Waals surface area contributed by atoms with Gasteiger partial charge < -0.3 is 5.11 Å². The number of aryl methyl sites for hydroxylation is 2. The summed E-state index contributed by atoms with van der Waals surface area (Å²) in [5.74, 6) is -0.161. The van der Waals surface area contributed by atoms with Crippen LogP contribution >= 0.6 is 0 Å². The number of halogens is 3. The Kier molecular flexibility index (Phi) is 3.39. The topological polar surface area (TPSA) is 66.7 Å². The van der Waals surface area contributed by atoms with Gasteiger partial charge in [-0.05, 0) is 44.2 Å². The van der Waals surface area contributed by atoms with Crippen molar-refractivity contribution in [3.63, 3.8) is 0 Å². The summed E-state index contributed by atoms with van der Waals surface area (Å²) in [6, 6.07) is 6.17. The number of alkyl halides is 3. The first-order chi connectivity index (χ1) is 10.8. The summed E-state index contributed by atoms with van der Waals surface area (Å²) in [5, 5.41) is 21.4.